The third kappa shape index (κ3) is 4.96. The average molecular weight is 387 g/mol. The SMILES string of the molecule is COCCN1C(=O)S/C(=C/c2cccc(OCc3ccc(F)cc3)c2)C1=O. The van der Waals surface area contributed by atoms with E-state index in [-0.39, 0.29) is 23.5 Å². The summed E-state index contributed by atoms with van der Waals surface area (Å²) in [5.74, 6) is 0.00608. The first-order chi connectivity index (χ1) is 13.1. The second-order valence-electron chi connectivity index (χ2n) is 5.81. The van der Waals surface area contributed by atoms with Crippen LogP contribution in [-0.4, -0.2) is 36.3 Å². The maximum absolute atomic E-state index is 12.9. The number of carbonyl (C=O) groups excluding carboxylic acids is 2. The molecular formula is C20H18FNO4S. The van der Waals surface area contributed by atoms with Crippen LogP contribution in [0.2, 0.25) is 0 Å². The number of benzene rings is 2. The van der Waals surface area contributed by atoms with Crippen molar-refractivity contribution < 1.29 is 23.5 Å². The van der Waals surface area contributed by atoms with E-state index < -0.39 is 0 Å². The van der Waals surface area contributed by atoms with Gasteiger partial charge in [0.2, 0.25) is 0 Å². The number of carbonyl (C=O) groups is 2. The molecule has 0 bridgehead atoms. The third-order valence-corrected chi connectivity index (χ3v) is 4.77. The van der Waals surface area contributed by atoms with E-state index >= 15 is 0 Å². The zero-order chi connectivity index (χ0) is 19.2. The van der Waals surface area contributed by atoms with Crippen molar-refractivity contribution in [1.82, 2.24) is 4.90 Å². The summed E-state index contributed by atoms with van der Waals surface area (Å²) in [6.07, 6.45) is 1.67. The van der Waals surface area contributed by atoms with Crippen molar-refractivity contribution in [3.8, 4) is 5.75 Å². The lowest BCUT2D eigenvalue weighted by Crippen LogP contribution is -2.31. The average Bonchev–Trinajstić information content (AvgIpc) is 2.93. The molecule has 2 aromatic carbocycles. The summed E-state index contributed by atoms with van der Waals surface area (Å²) in [5.41, 5.74) is 1.60. The molecule has 0 atom stereocenters. The number of rotatable bonds is 7. The minimum atomic E-state index is -0.320. The minimum Gasteiger partial charge on any atom is -0.489 e. The van der Waals surface area contributed by atoms with Crippen molar-refractivity contribution in [1.29, 1.82) is 0 Å². The van der Waals surface area contributed by atoms with Crippen LogP contribution >= 0.6 is 11.8 Å². The topological polar surface area (TPSA) is 55.8 Å². The van der Waals surface area contributed by atoms with E-state index in [1.807, 2.05) is 6.07 Å². The Kier molecular flexibility index (Phi) is 6.26. The van der Waals surface area contributed by atoms with Gasteiger partial charge < -0.3 is 9.47 Å². The van der Waals surface area contributed by atoms with Gasteiger partial charge in [-0.3, -0.25) is 14.5 Å². The van der Waals surface area contributed by atoms with Crippen molar-refractivity contribution >= 4 is 29.0 Å². The molecule has 0 aliphatic carbocycles. The van der Waals surface area contributed by atoms with E-state index in [9.17, 15) is 14.0 Å². The summed E-state index contributed by atoms with van der Waals surface area (Å²) in [7, 11) is 1.52. The fraction of sp³-hybridized carbons (Fsp3) is 0.200. The normalized spacial score (nSPS) is 15.6. The molecule has 0 spiro atoms. The molecule has 1 aliphatic rings. The molecule has 1 saturated heterocycles. The van der Waals surface area contributed by atoms with Crippen LogP contribution in [0, 0.1) is 5.82 Å². The van der Waals surface area contributed by atoms with Crippen LogP contribution < -0.4 is 4.74 Å². The Morgan fingerprint density at radius 1 is 1.15 bits per heavy atom. The quantitative estimate of drug-likeness (QED) is 0.670. The predicted octanol–water partition coefficient (Wildman–Crippen LogP) is 4.09. The Labute approximate surface area is 160 Å². The number of thioether (sulfide) groups is 1. The molecule has 140 valence electrons. The number of hydrogen-bond acceptors (Lipinski definition) is 5. The highest BCUT2D eigenvalue weighted by Gasteiger charge is 2.34. The number of hydrogen-bond donors (Lipinski definition) is 0. The molecule has 1 fully saturated rings. The van der Waals surface area contributed by atoms with Crippen molar-refractivity contribution in [2.75, 3.05) is 20.3 Å². The highest BCUT2D eigenvalue weighted by molar-refractivity contribution is 8.18. The van der Waals surface area contributed by atoms with Gasteiger partial charge in [0.25, 0.3) is 11.1 Å². The van der Waals surface area contributed by atoms with Gasteiger partial charge in [-0.15, -0.1) is 0 Å². The van der Waals surface area contributed by atoms with E-state index in [0.717, 1.165) is 22.9 Å². The largest absolute Gasteiger partial charge is 0.489 e. The Balaban J connectivity index is 1.68. The van der Waals surface area contributed by atoms with Gasteiger partial charge in [0, 0.05) is 7.11 Å². The van der Waals surface area contributed by atoms with E-state index in [1.54, 1.807) is 36.4 Å². The first kappa shape index (κ1) is 19.1. The lowest BCUT2D eigenvalue weighted by molar-refractivity contribution is -0.123. The van der Waals surface area contributed by atoms with Crippen molar-refractivity contribution in [3.63, 3.8) is 0 Å². The summed E-state index contributed by atoms with van der Waals surface area (Å²) in [4.78, 5) is 25.9. The number of nitrogens with zero attached hydrogens (tertiary/aromatic N) is 1. The molecule has 0 aromatic heterocycles. The van der Waals surface area contributed by atoms with Crippen LogP contribution in [0.15, 0.2) is 53.4 Å². The Morgan fingerprint density at radius 3 is 2.67 bits per heavy atom. The predicted molar refractivity (Wildman–Crippen MR) is 102 cm³/mol. The number of ether oxygens (including phenoxy) is 2. The second kappa shape index (κ2) is 8.83. The number of amides is 2. The molecule has 2 amide bonds. The highest BCUT2D eigenvalue weighted by Crippen LogP contribution is 2.32. The van der Waals surface area contributed by atoms with Gasteiger partial charge in [0.1, 0.15) is 18.2 Å². The first-order valence-corrected chi connectivity index (χ1v) is 9.10. The van der Waals surface area contributed by atoms with Gasteiger partial charge >= 0.3 is 0 Å². The highest BCUT2D eigenvalue weighted by atomic mass is 32.2. The van der Waals surface area contributed by atoms with Crippen molar-refractivity contribution in [2.45, 2.75) is 6.61 Å². The fourth-order valence-corrected chi connectivity index (χ4v) is 3.33. The van der Waals surface area contributed by atoms with Crippen LogP contribution in [-0.2, 0) is 16.1 Å². The third-order valence-electron chi connectivity index (χ3n) is 3.87. The zero-order valence-electron chi connectivity index (χ0n) is 14.7. The maximum atomic E-state index is 12.9. The Bertz CT molecular complexity index is 867. The van der Waals surface area contributed by atoms with Crippen molar-refractivity contribution in [3.05, 3.63) is 70.4 Å². The van der Waals surface area contributed by atoms with Gasteiger partial charge in [-0.25, -0.2) is 4.39 Å². The fourth-order valence-electron chi connectivity index (χ4n) is 2.47. The summed E-state index contributed by atoms with van der Waals surface area (Å²) >= 11 is 0.911. The first-order valence-electron chi connectivity index (χ1n) is 8.28. The zero-order valence-corrected chi connectivity index (χ0v) is 15.5. The van der Waals surface area contributed by atoms with E-state index in [2.05, 4.69) is 0 Å². The molecule has 7 heteroatoms. The summed E-state index contributed by atoms with van der Waals surface area (Å²) < 4.78 is 23.6. The van der Waals surface area contributed by atoms with Crippen molar-refractivity contribution in [2.24, 2.45) is 0 Å². The lowest BCUT2D eigenvalue weighted by atomic mass is 10.2. The minimum absolute atomic E-state index is 0.235. The van der Waals surface area contributed by atoms with Gasteiger partial charge in [-0.05, 0) is 53.2 Å². The molecule has 0 N–H and O–H groups in total. The molecule has 0 unspecified atom stereocenters. The molecule has 5 nitrogen and oxygen atoms in total. The van der Waals surface area contributed by atoms with Crippen LogP contribution in [0.25, 0.3) is 6.08 Å². The van der Waals surface area contributed by atoms with Crippen LogP contribution in [0.5, 0.6) is 5.75 Å². The van der Waals surface area contributed by atoms with Crippen LogP contribution in [0.3, 0.4) is 0 Å². The maximum Gasteiger partial charge on any atom is 0.293 e. The number of methoxy groups -OCH3 is 1. The Morgan fingerprint density at radius 2 is 1.93 bits per heavy atom. The monoisotopic (exact) mass is 387 g/mol. The molecule has 3 rings (SSSR count). The summed E-state index contributed by atoms with van der Waals surface area (Å²) in [6, 6.07) is 13.3. The van der Waals surface area contributed by atoms with E-state index in [0.29, 0.717) is 23.9 Å². The summed E-state index contributed by atoms with van der Waals surface area (Å²) in [6.45, 7) is 0.842. The molecule has 0 saturated carbocycles. The van der Waals surface area contributed by atoms with Gasteiger partial charge in [-0.1, -0.05) is 24.3 Å². The summed E-state index contributed by atoms with van der Waals surface area (Å²) in [5, 5.41) is -0.299. The molecular weight excluding hydrogens is 369 g/mol. The number of imide groups is 1. The van der Waals surface area contributed by atoms with Gasteiger partial charge in [-0.2, -0.15) is 0 Å². The standard InChI is InChI=1S/C20H18FNO4S/c1-25-10-9-22-19(23)18(27-20(22)24)12-15-3-2-4-17(11-15)26-13-14-5-7-16(21)8-6-14/h2-8,11-12H,9-10,13H2,1H3/b18-12+. The van der Waals surface area contributed by atoms with E-state index in [4.69, 9.17) is 9.47 Å². The lowest BCUT2D eigenvalue weighted by Gasteiger charge is -2.10. The molecule has 0 radical (unpaired) electrons. The van der Waals surface area contributed by atoms with Gasteiger partial charge in [0.15, 0.2) is 0 Å². The second-order valence-corrected chi connectivity index (χ2v) is 6.81. The molecule has 2 aromatic rings. The number of halogens is 1. The smallest absolute Gasteiger partial charge is 0.293 e. The van der Waals surface area contributed by atoms with Crippen LogP contribution in [0.4, 0.5) is 9.18 Å². The van der Waals surface area contributed by atoms with Gasteiger partial charge in [0.05, 0.1) is 18.1 Å². The molecule has 1 heterocycles. The molecule has 1 aliphatic heterocycles. The van der Waals surface area contributed by atoms with Crippen LogP contribution in [0.1, 0.15) is 11.1 Å². The Hall–Kier alpha value is -2.64. The molecule has 27 heavy (non-hydrogen) atoms. The van der Waals surface area contributed by atoms with E-state index in [1.165, 1.54) is 24.1 Å².